The second kappa shape index (κ2) is 8.37. The van der Waals surface area contributed by atoms with Gasteiger partial charge in [0.1, 0.15) is 0 Å². The van der Waals surface area contributed by atoms with E-state index in [0.29, 0.717) is 18.2 Å². The van der Waals surface area contributed by atoms with E-state index in [1.54, 1.807) is 0 Å². The number of rotatable bonds is 9. The molecule has 23 heavy (non-hydrogen) atoms. The summed E-state index contributed by atoms with van der Waals surface area (Å²) in [4.78, 5) is 12.5. The van der Waals surface area contributed by atoms with Crippen molar-refractivity contribution >= 4 is 15.7 Å². The summed E-state index contributed by atoms with van der Waals surface area (Å²) in [5, 5.41) is 10.8. The normalized spacial score (nSPS) is 12.1. The van der Waals surface area contributed by atoms with Crippen molar-refractivity contribution in [2.45, 2.75) is 44.6 Å². The van der Waals surface area contributed by atoms with Gasteiger partial charge in [-0.25, -0.2) is 13.1 Å². The summed E-state index contributed by atoms with van der Waals surface area (Å²) in [5.41, 5.74) is 0.247. The Morgan fingerprint density at radius 3 is 2.48 bits per heavy atom. The van der Waals surface area contributed by atoms with Crippen molar-refractivity contribution in [1.82, 2.24) is 9.62 Å². The first-order chi connectivity index (χ1) is 10.6. The monoisotopic (exact) mass is 343 g/mol. The van der Waals surface area contributed by atoms with Crippen molar-refractivity contribution < 1.29 is 13.3 Å². The van der Waals surface area contributed by atoms with Gasteiger partial charge in [-0.1, -0.05) is 0 Å². The van der Waals surface area contributed by atoms with Crippen molar-refractivity contribution in [3.8, 4) is 0 Å². The molecule has 0 saturated carbocycles. The molecule has 0 radical (unpaired) electrons. The molecule has 0 amide bonds. The van der Waals surface area contributed by atoms with E-state index in [2.05, 4.69) is 23.5 Å². The van der Waals surface area contributed by atoms with E-state index < -0.39 is 14.9 Å². The molecule has 0 heterocycles. The molecular weight excluding hydrogens is 318 g/mol. The Kier molecular flexibility index (Phi) is 7.11. The molecule has 0 saturated heterocycles. The third kappa shape index (κ3) is 5.89. The van der Waals surface area contributed by atoms with Crippen LogP contribution in [0.15, 0.2) is 23.1 Å². The van der Waals surface area contributed by atoms with Gasteiger partial charge in [0.2, 0.25) is 10.0 Å². The molecule has 1 aromatic rings. The Morgan fingerprint density at radius 2 is 1.96 bits per heavy atom. The van der Waals surface area contributed by atoms with Gasteiger partial charge in [0.25, 0.3) is 5.69 Å². The quantitative estimate of drug-likeness (QED) is 0.422. The first-order valence-corrected chi connectivity index (χ1v) is 9.08. The van der Waals surface area contributed by atoms with Crippen LogP contribution in [0.5, 0.6) is 0 Å². The van der Waals surface area contributed by atoms with Crippen molar-refractivity contribution in [2.24, 2.45) is 0 Å². The van der Waals surface area contributed by atoms with Crippen LogP contribution >= 0.6 is 0 Å². The standard InChI is InChI=1S/C15H25N3O4S/c1-12(2)17(4)10-6-5-9-16-23(21,22)14-7-8-15(18(19)20)13(3)11-14/h7-8,11-12,16H,5-6,9-10H2,1-4H3. The second-order valence-corrected chi connectivity index (χ2v) is 7.65. The molecule has 1 rings (SSSR count). The molecular formula is C15H25N3O4S. The topological polar surface area (TPSA) is 92.6 Å². The van der Waals surface area contributed by atoms with E-state index in [9.17, 15) is 18.5 Å². The molecule has 0 bridgehead atoms. The minimum Gasteiger partial charge on any atom is -0.304 e. The van der Waals surface area contributed by atoms with Crippen molar-refractivity contribution in [1.29, 1.82) is 0 Å². The lowest BCUT2D eigenvalue weighted by atomic mass is 10.2. The number of aryl methyl sites for hydroxylation is 1. The molecule has 0 fully saturated rings. The Balaban J connectivity index is 2.57. The van der Waals surface area contributed by atoms with E-state index >= 15 is 0 Å². The lowest BCUT2D eigenvalue weighted by molar-refractivity contribution is -0.385. The Morgan fingerprint density at radius 1 is 1.30 bits per heavy atom. The predicted molar refractivity (Wildman–Crippen MR) is 90.0 cm³/mol. The number of nitro groups is 1. The molecule has 0 aliphatic carbocycles. The van der Waals surface area contributed by atoms with Crippen molar-refractivity contribution in [3.63, 3.8) is 0 Å². The zero-order valence-corrected chi connectivity index (χ0v) is 14.9. The van der Waals surface area contributed by atoms with Crippen LogP contribution in [-0.2, 0) is 10.0 Å². The first kappa shape index (κ1) is 19.5. The second-order valence-electron chi connectivity index (χ2n) is 5.88. The maximum absolute atomic E-state index is 12.2. The lowest BCUT2D eigenvalue weighted by Gasteiger charge is -2.20. The van der Waals surface area contributed by atoms with E-state index in [1.165, 1.54) is 25.1 Å². The highest BCUT2D eigenvalue weighted by Gasteiger charge is 2.18. The van der Waals surface area contributed by atoms with Crippen LogP contribution in [-0.4, -0.2) is 44.4 Å². The predicted octanol–water partition coefficient (Wildman–Crippen LogP) is 2.30. The molecule has 1 aromatic carbocycles. The summed E-state index contributed by atoms with van der Waals surface area (Å²) in [6.07, 6.45) is 1.64. The highest BCUT2D eigenvalue weighted by molar-refractivity contribution is 7.89. The summed E-state index contributed by atoms with van der Waals surface area (Å²) < 4.78 is 26.9. The SMILES string of the molecule is Cc1cc(S(=O)(=O)NCCCCN(C)C(C)C)ccc1[N+](=O)[O-]. The summed E-state index contributed by atoms with van der Waals surface area (Å²) in [7, 11) is -1.59. The Labute approximate surface area is 137 Å². The van der Waals surface area contributed by atoms with Gasteiger partial charge in [-0.3, -0.25) is 10.1 Å². The number of sulfonamides is 1. The minimum absolute atomic E-state index is 0.0555. The summed E-state index contributed by atoms with van der Waals surface area (Å²) in [6, 6.07) is 4.28. The van der Waals surface area contributed by atoms with Crippen molar-refractivity contribution in [3.05, 3.63) is 33.9 Å². The lowest BCUT2D eigenvalue weighted by Crippen LogP contribution is -2.29. The molecule has 1 N–H and O–H groups in total. The van der Waals surface area contributed by atoms with Crippen LogP contribution < -0.4 is 4.72 Å². The number of hydrogen-bond donors (Lipinski definition) is 1. The Bertz CT molecular complexity index is 644. The maximum atomic E-state index is 12.2. The van der Waals surface area contributed by atoms with Gasteiger partial charge >= 0.3 is 0 Å². The number of hydrogen-bond acceptors (Lipinski definition) is 5. The van der Waals surface area contributed by atoms with Crippen LogP contribution in [0.2, 0.25) is 0 Å². The zero-order chi connectivity index (χ0) is 17.6. The third-order valence-corrected chi connectivity index (χ3v) is 5.25. The number of nitro benzene ring substituents is 1. The van der Waals surface area contributed by atoms with E-state index in [-0.39, 0.29) is 10.6 Å². The number of nitrogens with one attached hydrogen (secondary N) is 1. The average molecular weight is 343 g/mol. The van der Waals surface area contributed by atoms with E-state index in [1.807, 2.05) is 7.05 Å². The number of benzene rings is 1. The fraction of sp³-hybridized carbons (Fsp3) is 0.600. The van der Waals surface area contributed by atoms with E-state index in [4.69, 9.17) is 0 Å². The van der Waals surface area contributed by atoms with Gasteiger partial charge in [-0.05, 0) is 59.3 Å². The van der Waals surface area contributed by atoms with Gasteiger partial charge in [0, 0.05) is 24.2 Å². The Hall–Kier alpha value is -1.51. The highest BCUT2D eigenvalue weighted by Crippen LogP contribution is 2.21. The van der Waals surface area contributed by atoms with Crippen LogP contribution in [0.25, 0.3) is 0 Å². The third-order valence-electron chi connectivity index (χ3n) is 3.79. The largest absolute Gasteiger partial charge is 0.304 e. The smallest absolute Gasteiger partial charge is 0.272 e. The molecule has 0 spiro atoms. The zero-order valence-electron chi connectivity index (χ0n) is 14.1. The number of nitrogens with zero attached hydrogens (tertiary/aromatic N) is 2. The van der Waals surface area contributed by atoms with Gasteiger partial charge in [0.15, 0.2) is 0 Å². The fourth-order valence-corrected chi connectivity index (χ4v) is 3.19. The molecule has 0 aliphatic rings. The molecule has 8 heteroatoms. The summed E-state index contributed by atoms with van der Waals surface area (Å²) in [5.74, 6) is 0. The summed E-state index contributed by atoms with van der Waals surface area (Å²) in [6.45, 7) is 7.01. The average Bonchev–Trinajstić information content (AvgIpc) is 2.45. The van der Waals surface area contributed by atoms with Gasteiger partial charge in [-0.2, -0.15) is 0 Å². The molecule has 0 atom stereocenters. The molecule has 130 valence electrons. The minimum atomic E-state index is -3.63. The molecule has 0 aliphatic heterocycles. The maximum Gasteiger partial charge on any atom is 0.272 e. The van der Waals surface area contributed by atoms with Crippen LogP contribution in [0.1, 0.15) is 32.3 Å². The van der Waals surface area contributed by atoms with Crippen LogP contribution in [0, 0.1) is 17.0 Å². The van der Waals surface area contributed by atoms with Crippen LogP contribution in [0.4, 0.5) is 5.69 Å². The van der Waals surface area contributed by atoms with Crippen LogP contribution in [0.3, 0.4) is 0 Å². The molecule has 0 aromatic heterocycles. The highest BCUT2D eigenvalue weighted by atomic mass is 32.2. The summed E-state index contributed by atoms with van der Waals surface area (Å²) >= 11 is 0. The fourth-order valence-electron chi connectivity index (χ4n) is 2.03. The van der Waals surface area contributed by atoms with Gasteiger partial charge in [-0.15, -0.1) is 0 Å². The van der Waals surface area contributed by atoms with E-state index in [0.717, 1.165) is 19.4 Å². The van der Waals surface area contributed by atoms with Gasteiger partial charge < -0.3 is 4.90 Å². The van der Waals surface area contributed by atoms with Gasteiger partial charge in [0.05, 0.1) is 9.82 Å². The first-order valence-electron chi connectivity index (χ1n) is 7.60. The van der Waals surface area contributed by atoms with Crippen molar-refractivity contribution in [2.75, 3.05) is 20.1 Å². The molecule has 7 nitrogen and oxygen atoms in total. The molecule has 0 unspecified atom stereocenters. The number of unbranched alkanes of at least 4 members (excludes halogenated alkanes) is 1.